The minimum Gasteiger partial charge on any atom is -0.479 e. The quantitative estimate of drug-likeness (QED) is 0.892. The van der Waals surface area contributed by atoms with E-state index >= 15 is 0 Å². The second kappa shape index (κ2) is 5.45. The average molecular weight is 266 g/mol. The molecular formula is C16H14N2O2. The van der Waals surface area contributed by atoms with Crippen molar-refractivity contribution in [1.82, 2.24) is 0 Å². The Morgan fingerprint density at radius 1 is 1.15 bits per heavy atom. The maximum atomic E-state index is 11.6. The van der Waals surface area contributed by atoms with Gasteiger partial charge in [-0.2, -0.15) is 5.26 Å². The molecule has 0 bridgehead atoms. The van der Waals surface area contributed by atoms with Gasteiger partial charge in [0, 0.05) is 5.69 Å². The number of hydrogen-bond acceptors (Lipinski definition) is 3. The van der Waals surface area contributed by atoms with E-state index in [1.54, 1.807) is 55.5 Å². The van der Waals surface area contributed by atoms with Crippen LogP contribution in [0.3, 0.4) is 0 Å². The highest BCUT2D eigenvalue weighted by Crippen LogP contribution is 2.26. The van der Waals surface area contributed by atoms with Gasteiger partial charge in [0.05, 0.1) is 11.6 Å². The number of carboxylic acid groups (broad SMARTS) is 1. The first-order valence-corrected chi connectivity index (χ1v) is 6.13. The maximum Gasteiger partial charge on any atom is 0.333 e. The molecule has 0 amide bonds. The van der Waals surface area contributed by atoms with Crippen molar-refractivity contribution in [3.63, 3.8) is 0 Å². The summed E-state index contributed by atoms with van der Waals surface area (Å²) < 4.78 is 0. The second-order valence-corrected chi connectivity index (χ2v) is 4.61. The molecule has 2 rings (SSSR count). The summed E-state index contributed by atoms with van der Waals surface area (Å²) in [5, 5.41) is 21.3. The van der Waals surface area contributed by atoms with Crippen LogP contribution in [0.25, 0.3) is 0 Å². The summed E-state index contributed by atoms with van der Waals surface area (Å²) in [4.78, 5) is 11.6. The summed E-state index contributed by atoms with van der Waals surface area (Å²) in [5.41, 5.74) is 0.622. The van der Waals surface area contributed by atoms with Crippen LogP contribution < -0.4 is 5.32 Å². The molecule has 2 aromatic rings. The monoisotopic (exact) mass is 266 g/mol. The second-order valence-electron chi connectivity index (χ2n) is 4.61. The van der Waals surface area contributed by atoms with Crippen molar-refractivity contribution >= 4 is 11.7 Å². The molecular weight excluding hydrogens is 252 g/mol. The van der Waals surface area contributed by atoms with Gasteiger partial charge in [-0.3, -0.25) is 0 Å². The molecule has 1 unspecified atom stereocenters. The third-order valence-electron chi connectivity index (χ3n) is 3.19. The first-order chi connectivity index (χ1) is 9.56. The van der Waals surface area contributed by atoms with E-state index in [0.29, 0.717) is 16.8 Å². The SMILES string of the molecule is CC(Nc1ccc(C#N)cc1)(C(=O)O)c1ccccc1. The molecule has 2 aromatic carbocycles. The van der Waals surface area contributed by atoms with E-state index in [9.17, 15) is 9.90 Å². The number of benzene rings is 2. The zero-order chi connectivity index (χ0) is 14.6. The summed E-state index contributed by atoms with van der Waals surface area (Å²) in [6.45, 7) is 1.61. The number of anilines is 1. The third kappa shape index (κ3) is 2.62. The van der Waals surface area contributed by atoms with Gasteiger partial charge in [0.1, 0.15) is 0 Å². The predicted molar refractivity (Wildman–Crippen MR) is 76.2 cm³/mol. The highest BCUT2D eigenvalue weighted by molar-refractivity contribution is 5.84. The topological polar surface area (TPSA) is 73.1 Å². The number of carbonyl (C=O) groups is 1. The van der Waals surface area contributed by atoms with Crippen LogP contribution in [0.1, 0.15) is 18.1 Å². The lowest BCUT2D eigenvalue weighted by Crippen LogP contribution is -2.40. The van der Waals surface area contributed by atoms with Crippen LogP contribution >= 0.6 is 0 Å². The predicted octanol–water partition coefficient (Wildman–Crippen LogP) is 2.97. The van der Waals surface area contributed by atoms with E-state index in [2.05, 4.69) is 5.32 Å². The van der Waals surface area contributed by atoms with Crippen LogP contribution in [-0.2, 0) is 10.3 Å². The molecule has 2 N–H and O–H groups in total. The molecule has 0 aliphatic carbocycles. The number of nitriles is 1. The number of aliphatic carboxylic acids is 1. The van der Waals surface area contributed by atoms with Gasteiger partial charge in [-0.15, -0.1) is 0 Å². The fourth-order valence-electron chi connectivity index (χ4n) is 1.94. The molecule has 0 saturated carbocycles. The lowest BCUT2D eigenvalue weighted by molar-refractivity contribution is -0.142. The Morgan fingerprint density at radius 3 is 2.25 bits per heavy atom. The van der Waals surface area contributed by atoms with E-state index < -0.39 is 11.5 Å². The third-order valence-corrected chi connectivity index (χ3v) is 3.19. The molecule has 0 radical (unpaired) electrons. The van der Waals surface area contributed by atoms with Crippen LogP contribution in [-0.4, -0.2) is 11.1 Å². The molecule has 0 aliphatic rings. The zero-order valence-corrected chi connectivity index (χ0v) is 11.0. The Kier molecular flexibility index (Phi) is 3.72. The van der Waals surface area contributed by atoms with Gasteiger partial charge >= 0.3 is 5.97 Å². The summed E-state index contributed by atoms with van der Waals surface area (Å²) >= 11 is 0. The highest BCUT2D eigenvalue weighted by Gasteiger charge is 2.34. The van der Waals surface area contributed by atoms with Gasteiger partial charge in [-0.25, -0.2) is 4.79 Å². The van der Waals surface area contributed by atoms with Gasteiger partial charge in [-0.1, -0.05) is 30.3 Å². The van der Waals surface area contributed by atoms with E-state index in [1.165, 1.54) is 0 Å². The molecule has 0 heterocycles. The molecule has 4 nitrogen and oxygen atoms in total. The molecule has 0 aliphatic heterocycles. The standard InChI is InChI=1S/C16H14N2O2/c1-16(15(19)20,13-5-3-2-4-6-13)18-14-9-7-12(11-17)8-10-14/h2-10,18H,1H3,(H,19,20). The van der Waals surface area contributed by atoms with Crippen LogP contribution in [0, 0.1) is 11.3 Å². The molecule has 100 valence electrons. The molecule has 4 heteroatoms. The molecule has 0 saturated heterocycles. The van der Waals surface area contributed by atoms with E-state index in [0.717, 1.165) is 0 Å². The molecule has 20 heavy (non-hydrogen) atoms. The van der Waals surface area contributed by atoms with Gasteiger partial charge in [0.2, 0.25) is 0 Å². The zero-order valence-electron chi connectivity index (χ0n) is 11.0. The number of rotatable bonds is 4. The first kappa shape index (κ1) is 13.6. The van der Waals surface area contributed by atoms with Crippen LogP contribution in [0.15, 0.2) is 54.6 Å². The smallest absolute Gasteiger partial charge is 0.333 e. The van der Waals surface area contributed by atoms with Crippen molar-refractivity contribution in [2.24, 2.45) is 0 Å². The number of nitrogens with one attached hydrogen (secondary N) is 1. The summed E-state index contributed by atoms with van der Waals surface area (Å²) in [7, 11) is 0. The van der Waals surface area contributed by atoms with Gasteiger partial charge in [0.25, 0.3) is 0 Å². The maximum absolute atomic E-state index is 11.6. The summed E-state index contributed by atoms with van der Waals surface area (Å²) in [5.74, 6) is -0.965. The largest absolute Gasteiger partial charge is 0.479 e. The summed E-state index contributed by atoms with van der Waals surface area (Å²) in [6, 6.07) is 17.7. The summed E-state index contributed by atoms with van der Waals surface area (Å²) in [6.07, 6.45) is 0. The van der Waals surface area contributed by atoms with E-state index in [4.69, 9.17) is 5.26 Å². The Bertz CT molecular complexity index is 644. The average Bonchev–Trinajstić information content (AvgIpc) is 2.48. The number of hydrogen-bond donors (Lipinski definition) is 2. The van der Waals surface area contributed by atoms with Gasteiger partial charge < -0.3 is 10.4 Å². The number of carboxylic acids is 1. The highest BCUT2D eigenvalue weighted by atomic mass is 16.4. The van der Waals surface area contributed by atoms with Gasteiger partial charge in [0.15, 0.2) is 5.54 Å². The minimum atomic E-state index is -1.23. The van der Waals surface area contributed by atoms with E-state index in [-0.39, 0.29) is 0 Å². The Balaban J connectivity index is 2.35. The Morgan fingerprint density at radius 2 is 1.75 bits per heavy atom. The van der Waals surface area contributed by atoms with E-state index in [1.807, 2.05) is 12.1 Å². The Labute approximate surface area is 117 Å². The van der Waals surface area contributed by atoms with Crippen molar-refractivity contribution in [2.45, 2.75) is 12.5 Å². The molecule has 0 spiro atoms. The van der Waals surface area contributed by atoms with Gasteiger partial charge in [-0.05, 0) is 36.8 Å². The van der Waals surface area contributed by atoms with Crippen LogP contribution in [0.2, 0.25) is 0 Å². The minimum absolute atomic E-state index is 0.535. The molecule has 0 fully saturated rings. The fraction of sp³-hybridized carbons (Fsp3) is 0.125. The van der Waals surface area contributed by atoms with Crippen molar-refractivity contribution in [3.05, 3.63) is 65.7 Å². The lowest BCUT2D eigenvalue weighted by Gasteiger charge is -2.28. The fourth-order valence-corrected chi connectivity index (χ4v) is 1.94. The van der Waals surface area contributed by atoms with Crippen LogP contribution in [0.5, 0.6) is 0 Å². The van der Waals surface area contributed by atoms with Crippen molar-refractivity contribution in [2.75, 3.05) is 5.32 Å². The van der Waals surface area contributed by atoms with Crippen molar-refractivity contribution in [1.29, 1.82) is 5.26 Å². The van der Waals surface area contributed by atoms with Crippen molar-refractivity contribution < 1.29 is 9.90 Å². The lowest BCUT2D eigenvalue weighted by atomic mass is 9.91. The number of nitrogens with zero attached hydrogens (tertiary/aromatic N) is 1. The first-order valence-electron chi connectivity index (χ1n) is 6.13. The molecule has 0 aromatic heterocycles. The normalized spacial score (nSPS) is 13.0. The Hall–Kier alpha value is -2.80. The van der Waals surface area contributed by atoms with Crippen LogP contribution in [0.4, 0.5) is 5.69 Å². The van der Waals surface area contributed by atoms with Crippen molar-refractivity contribution in [3.8, 4) is 6.07 Å². The molecule has 1 atom stereocenters.